The minimum atomic E-state index is -4.39. The highest BCUT2D eigenvalue weighted by Gasteiger charge is 2.62. The molecule has 17 heteroatoms. The number of alkyl carbamates (subject to hydrolysis) is 1. The van der Waals surface area contributed by atoms with Gasteiger partial charge in [-0.15, -0.1) is 11.3 Å². The van der Waals surface area contributed by atoms with Gasteiger partial charge in [-0.1, -0.05) is 43.2 Å². The number of nitrogens with one attached hydrogen (secondary N) is 3. The molecule has 1 saturated heterocycles. The molecule has 3 N–H and O–H groups in total. The van der Waals surface area contributed by atoms with Crippen LogP contribution in [0.2, 0.25) is 0 Å². The molecule has 1 aromatic carbocycles. The second kappa shape index (κ2) is 15.7. The molecule has 15 nitrogen and oxygen atoms in total. The van der Waals surface area contributed by atoms with Gasteiger partial charge < -0.3 is 29.4 Å². The molecule has 296 valence electrons. The molecule has 3 aliphatic rings. The fourth-order valence-corrected chi connectivity index (χ4v) is 8.76. The number of fused-ring (bicyclic) bond motifs is 3. The minimum absolute atomic E-state index is 0.00197. The number of benzene rings is 1. The Morgan fingerprint density at radius 3 is 2.54 bits per heavy atom. The van der Waals surface area contributed by atoms with Crippen LogP contribution in [0.5, 0.6) is 5.88 Å². The Labute approximate surface area is 328 Å². The van der Waals surface area contributed by atoms with E-state index in [0.717, 1.165) is 17.7 Å². The molecule has 1 saturated carbocycles. The van der Waals surface area contributed by atoms with Gasteiger partial charge in [-0.3, -0.25) is 14.4 Å². The molecular weight excluding hydrogens is 761 g/mol. The van der Waals surface area contributed by atoms with Crippen LogP contribution < -0.4 is 20.1 Å². The Morgan fingerprint density at radius 1 is 1.04 bits per heavy atom. The molecule has 4 amide bonds. The Balaban J connectivity index is 1.22. The standard InChI is InChI=1S/C39H44N6O9S2/c1-38(2,3)54-37(49)42-28-16-8-6-4-5-7-13-24-22-39(24,36(48)44-56(50,51)31-18-11-19-52-31)43-33(46)29-21-25(23-45(29)35(28)47)53-34-32(30-17-12-20-55-30)40-26-14-9-10-15-27(26)41-34/h7,9-15,17-20,24-25,28-29H,4-6,8,16,21-23H2,1-3H3,(H,42,49)(H,43,46)(H,44,48)/b13-7-/t24?,25-,28-,29+,39-/m1/s1. The van der Waals surface area contributed by atoms with Crippen molar-refractivity contribution in [3.63, 3.8) is 0 Å². The fourth-order valence-electron chi connectivity index (χ4n) is 7.09. The van der Waals surface area contributed by atoms with Crippen LogP contribution in [0.25, 0.3) is 21.6 Å². The van der Waals surface area contributed by atoms with Crippen LogP contribution in [0, 0.1) is 5.92 Å². The van der Waals surface area contributed by atoms with Gasteiger partial charge in [0.1, 0.15) is 35.0 Å². The molecule has 0 spiro atoms. The Kier molecular flexibility index (Phi) is 10.9. The van der Waals surface area contributed by atoms with Crippen molar-refractivity contribution < 1.29 is 41.5 Å². The summed E-state index contributed by atoms with van der Waals surface area (Å²) in [4.78, 5) is 67.8. The largest absolute Gasteiger partial charge is 0.471 e. The number of sulfonamides is 1. The van der Waals surface area contributed by atoms with E-state index in [0.29, 0.717) is 29.6 Å². The number of furan rings is 1. The van der Waals surface area contributed by atoms with Crippen LogP contribution in [0.1, 0.15) is 65.7 Å². The number of carbonyl (C=O) groups excluding carboxylic acids is 4. The SMILES string of the molecule is CC(C)(C)OC(=O)N[C@@H]1CCCCC/C=C\C2C[C@@]2(C(=O)NS(=O)(=O)c2ccco2)NC(=O)[C@@H]2C[C@@H](Oc3nc4ccccc4nc3-c3cccs3)CN2C1=O. The average Bonchev–Trinajstić information content (AvgIpc) is 3.67. The molecule has 5 heterocycles. The normalized spacial score (nSPS) is 25.2. The van der Waals surface area contributed by atoms with E-state index >= 15 is 0 Å². The Hall–Kier alpha value is -5.29. The van der Waals surface area contributed by atoms with E-state index in [2.05, 4.69) is 15.4 Å². The molecule has 1 unspecified atom stereocenters. The molecule has 0 bridgehead atoms. The van der Waals surface area contributed by atoms with Gasteiger partial charge >= 0.3 is 6.09 Å². The van der Waals surface area contributed by atoms with Crippen LogP contribution in [-0.4, -0.2) is 83.0 Å². The number of ether oxygens (including phenoxy) is 2. The maximum absolute atomic E-state index is 14.6. The summed E-state index contributed by atoms with van der Waals surface area (Å²) >= 11 is 1.46. The molecule has 2 fully saturated rings. The summed E-state index contributed by atoms with van der Waals surface area (Å²) in [6.07, 6.45) is 6.55. The quantitative estimate of drug-likeness (QED) is 0.210. The number of hydrogen-bond donors (Lipinski definition) is 3. The van der Waals surface area contributed by atoms with Gasteiger partial charge in [0.15, 0.2) is 0 Å². The lowest BCUT2D eigenvalue weighted by atomic mass is 10.0. The van der Waals surface area contributed by atoms with Crippen molar-refractivity contribution in [2.45, 2.75) is 100 Å². The average molecular weight is 805 g/mol. The number of rotatable bonds is 7. The highest BCUT2D eigenvalue weighted by molar-refractivity contribution is 7.89. The van der Waals surface area contributed by atoms with E-state index in [-0.39, 0.29) is 31.7 Å². The van der Waals surface area contributed by atoms with Crippen molar-refractivity contribution in [1.29, 1.82) is 0 Å². The van der Waals surface area contributed by atoms with Gasteiger partial charge in [-0.05, 0) is 82.2 Å². The van der Waals surface area contributed by atoms with Gasteiger partial charge in [0.2, 0.25) is 22.8 Å². The van der Waals surface area contributed by atoms with Gasteiger partial charge in [-0.2, -0.15) is 8.42 Å². The number of aromatic nitrogens is 2. The van der Waals surface area contributed by atoms with Crippen LogP contribution in [-0.2, 0) is 29.1 Å². The summed E-state index contributed by atoms with van der Waals surface area (Å²) in [5, 5.41) is 7.04. The lowest BCUT2D eigenvalue weighted by Crippen LogP contribution is -2.58. The Bertz CT molecular complexity index is 2240. The maximum Gasteiger partial charge on any atom is 0.408 e. The zero-order chi connectivity index (χ0) is 39.7. The van der Waals surface area contributed by atoms with Gasteiger partial charge in [0, 0.05) is 12.3 Å². The van der Waals surface area contributed by atoms with Crippen molar-refractivity contribution in [2.75, 3.05) is 6.54 Å². The third-order valence-electron chi connectivity index (χ3n) is 9.89. The van der Waals surface area contributed by atoms with Crippen LogP contribution in [0.3, 0.4) is 0 Å². The van der Waals surface area contributed by atoms with Crippen molar-refractivity contribution in [2.24, 2.45) is 5.92 Å². The highest BCUT2D eigenvalue weighted by atomic mass is 32.2. The molecule has 7 rings (SSSR count). The third-order valence-corrected chi connectivity index (χ3v) is 12.0. The number of allylic oxidation sites excluding steroid dienone is 1. The first kappa shape index (κ1) is 39.0. The number of para-hydroxylation sites is 2. The molecule has 5 atom stereocenters. The van der Waals surface area contributed by atoms with Crippen molar-refractivity contribution in [3.05, 3.63) is 72.3 Å². The first-order valence-corrected chi connectivity index (χ1v) is 21.0. The van der Waals surface area contributed by atoms with Gasteiger partial charge in [0.05, 0.1) is 28.7 Å². The highest BCUT2D eigenvalue weighted by Crippen LogP contribution is 2.46. The first-order valence-electron chi connectivity index (χ1n) is 18.6. The number of hydrogen-bond acceptors (Lipinski definition) is 12. The summed E-state index contributed by atoms with van der Waals surface area (Å²) in [5.74, 6) is -2.42. The molecule has 1 aliphatic carbocycles. The second-order valence-electron chi connectivity index (χ2n) is 15.2. The minimum Gasteiger partial charge on any atom is -0.471 e. The summed E-state index contributed by atoms with van der Waals surface area (Å²) in [6.45, 7) is 5.10. The van der Waals surface area contributed by atoms with E-state index < -0.39 is 74.2 Å². The monoisotopic (exact) mass is 804 g/mol. The molecule has 3 aromatic heterocycles. The first-order chi connectivity index (χ1) is 26.7. The topological polar surface area (TPSA) is 199 Å². The van der Waals surface area contributed by atoms with E-state index in [1.54, 1.807) is 20.8 Å². The number of carbonyl (C=O) groups is 4. The van der Waals surface area contributed by atoms with E-state index in [1.807, 2.05) is 53.9 Å². The molecule has 4 aromatic rings. The smallest absolute Gasteiger partial charge is 0.408 e. The second-order valence-corrected chi connectivity index (χ2v) is 17.8. The predicted molar refractivity (Wildman–Crippen MR) is 206 cm³/mol. The summed E-state index contributed by atoms with van der Waals surface area (Å²) in [6, 6.07) is 11.5. The van der Waals surface area contributed by atoms with Crippen LogP contribution >= 0.6 is 11.3 Å². The lowest BCUT2D eigenvalue weighted by Gasteiger charge is -2.30. The number of amides is 4. The third kappa shape index (κ3) is 8.58. The molecule has 0 radical (unpaired) electrons. The number of thiophene rings is 1. The van der Waals surface area contributed by atoms with E-state index in [1.165, 1.54) is 34.6 Å². The number of nitrogens with zero attached hydrogens (tertiary/aromatic N) is 3. The lowest BCUT2D eigenvalue weighted by molar-refractivity contribution is -0.141. The predicted octanol–water partition coefficient (Wildman–Crippen LogP) is 5.09. The van der Waals surface area contributed by atoms with E-state index in [9.17, 15) is 27.6 Å². The van der Waals surface area contributed by atoms with Crippen molar-refractivity contribution in [1.82, 2.24) is 30.2 Å². The summed E-state index contributed by atoms with van der Waals surface area (Å²) in [7, 11) is -4.39. The van der Waals surface area contributed by atoms with Crippen LogP contribution in [0.4, 0.5) is 4.79 Å². The zero-order valence-corrected chi connectivity index (χ0v) is 32.9. The van der Waals surface area contributed by atoms with Gasteiger partial charge in [-0.25, -0.2) is 19.5 Å². The van der Waals surface area contributed by atoms with Crippen LogP contribution in [0.15, 0.2) is 81.8 Å². The zero-order valence-electron chi connectivity index (χ0n) is 31.2. The van der Waals surface area contributed by atoms with Crippen molar-refractivity contribution >= 4 is 56.2 Å². The molecular formula is C39H44N6O9S2. The maximum atomic E-state index is 14.6. The Morgan fingerprint density at radius 2 is 1.82 bits per heavy atom. The van der Waals surface area contributed by atoms with Gasteiger partial charge in [0.25, 0.3) is 15.9 Å². The molecule has 56 heavy (non-hydrogen) atoms. The van der Waals surface area contributed by atoms with Crippen molar-refractivity contribution in [3.8, 4) is 16.5 Å². The summed E-state index contributed by atoms with van der Waals surface area (Å²) in [5.41, 5.74) is -0.680. The molecule has 2 aliphatic heterocycles. The summed E-state index contributed by atoms with van der Waals surface area (Å²) < 4.78 is 45.3. The van der Waals surface area contributed by atoms with E-state index in [4.69, 9.17) is 23.9 Å². The fraction of sp³-hybridized carbons (Fsp3) is 0.436.